The predicted molar refractivity (Wildman–Crippen MR) is 143 cm³/mol. The summed E-state index contributed by atoms with van der Waals surface area (Å²) in [6.45, 7) is 5.25. The average molecular weight is 591 g/mol. The van der Waals surface area contributed by atoms with E-state index < -0.39 is 78.9 Å². The second kappa shape index (κ2) is 11.9. The zero-order valence-electron chi connectivity index (χ0n) is 23.2. The fraction of sp³-hybridized carbons (Fsp3) is 0.600. The smallest absolute Gasteiger partial charge is 0.335 e. The first-order valence-electron chi connectivity index (χ1n) is 14.2. The minimum atomic E-state index is -1.61. The molecule has 5 rings (SSSR count). The molecule has 4 aliphatic rings. The highest BCUT2D eigenvalue weighted by Crippen LogP contribution is 2.58. The maximum Gasteiger partial charge on any atom is 0.335 e. The Labute approximate surface area is 242 Å². The molecule has 1 aromatic rings. The molecule has 2 saturated carbocycles. The number of phenols is 1. The summed E-state index contributed by atoms with van der Waals surface area (Å²) < 4.78 is 22.9. The van der Waals surface area contributed by atoms with E-state index in [0.717, 1.165) is 0 Å². The lowest BCUT2D eigenvalue weighted by atomic mass is 9.54. The fourth-order valence-electron chi connectivity index (χ4n) is 6.86. The number of benzene rings is 1. The molecular weight excluding hydrogens is 552 g/mol. The predicted octanol–water partition coefficient (Wildman–Crippen LogP) is 0.216. The van der Waals surface area contributed by atoms with E-state index in [2.05, 4.69) is 6.58 Å². The Balaban J connectivity index is 1.36. The summed E-state index contributed by atoms with van der Waals surface area (Å²) in [5, 5.41) is 60.2. The van der Waals surface area contributed by atoms with Gasteiger partial charge >= 0.3 is 11.9 Å². The lowest BCUT2D eigenvalue weighted by molar-refractivity contribution is -0.288. The van der Waals surface area contributed by atoms with Gasteiger partial charge in [0.1, 0.15) is 42.4 Å². The molecule has 0 bridgehead atoms. The second-order valence-electron chi connectivity index (χ2n) is 11.9. The number of aliphatic hydroxyl groups excluding tert-OH is 5. The summed E-state index contributed by atoms with van der Waals surface area (Å²) in [4.78, 5) is 25.5. The van der Waals surface area contributed by atoms with Gasteiger partial charge in [0.15, 0.2) is 6.10 Å². The Morgan fingerprint density at radius 2 is 1.88 bits per heavy atom. The molecule has 6 N–H and O–H groups in total. The largest absolute Gasteiger partial charge is 0.508 e. The van der Waals surface area contributed by atoms with Crippen LogP contribution in [0.25, 0.3) is 0 Å². The normalized spacial score (nSPS) is 39.7. The zero-order valence-corrected chi connectivity index (χ0v) is 23.2. The number of aliphatic hydroxyl groups is 5. The van der Waals surface area contributed by atoms with Crippen LogP contribution in [0.5, 0.6) is 5.75 Å². The molecule has 1 aromatic carbocycles. The third-order valence-corrected chi connectivity index (χ3v) is 9.31. The van der Waals surface area contributed by atoms with E-state index in [1.165, 1.54) is 18.4 Å². The van der Waals surface area contributed by atoms with Crippen LogP contribution in [0.3, 0.4) is 0 Å². The lowest BCUT2D eigenvalue weighted by Crippen LogP contribution is -2.59. The topological polar surface area (TPSA) is 192 Å². The monoisotopic (exact) mass is 590 g/mol. The third kappa shape index (κ3) is 5.54. The summed E-state index contributed by atoms with van der Waals surface area (Å²) in [6, 6.07) is 6.16. The Morgan fingerprint density at radius 3 is 2.57 bits per heavy atom. The molecule has 2 aliphatic carbocycles. The number of hydrogen-bond donors (Lipinski definition) is 6. The molecule has 2 aliphatic heterocycles. The quantitative estimate of drug-likeness (QED) is 0.144. The van der Waals surface area contributed by atoms with Crippen LogP contribution < -0.4 is 0 Å². The Kier molecular flexibility index (Phi) is 8.66. The molecule has 4 fully saturated rings. The van der Waals surface area contributed by atoms with Crippen LogP contribution in [0.4, 0.5) is 0 Å². The Hall–Kier alpha value is -3.00. The number of ether oxygens (including phenoxy) is 4. The summed E-state index contributed by atoms with van der Waals surface area (Å²) >= 11 is 0. The fourth-order valence-corrected chi connectivity index (χ4v) is 6.86. The van der Waals surface area contributed by atoms with Gasteiger partial charge in [-0.05, 0) is 49.0 Å². The SMILES string of the molecule is C=C1C(=O)O[C@H]2[C@@H]1CC[C@]1(C)[C@@H]2/C(=C/O[C@@H]2O[C@H](CO)[C@@H](O)[C@H](O)[C@H]2O)CC[C@H]1OC(=O)[C@@H](O)Cc1ccc(O)cc1. The van der Waals surface area contributed by atoms with Gasteiger partial charge in [-0.1, -0.05) is 25.6 Å². The molecule has 42 heavy (non-hydrogen) atoms. The van der Waals surface area contributed by atoms with E-state index in [1.54, 1.807) is 12.1 Å². The van der Waals surface area contributed by atoms with Crippen molar-refractivity contribution in [3.8, 4) is 5.75 Å². The van der Waals surface area contributed by atoms with Crippen molar-refractivity contribution in [1.29, 1.82) is 0 Å². The highest BCUT2D eigenvalue weighted by atomic mass is 16.7. The van der Waals surface area contributed by atoms with E-state index in [9.17, 15) is 40.2 Å². The van der Waals surface area contributed by atoms with Gasteiger partial charge < -0.3 is 49.6 Å². The number of aromatic hydroxyl groups is 1. The van der Waals surface area contributed by atoms with Crippen molar-refractivity contribution in [2.24, 2.45) is 17.3 Å². The lowest BCUT2D eigenvalue weighted by Gasteiger charge is -2.53. The second-order valence-corrected chi connectivity index (χ2v) is 11.9. The third-order valence-electron chi connectivity index (χ3n) is 9.31. The molecule has 12 nitrogen and oxygen atoms in total. The van der Waals surface area contributed by atoms with Crippen molar-refractivity contribution in [3.05, 3.63) is 53.8 Å². The minimum Gasteiger partial charge on any atom is -0.508 e. The van der Waals surface area contributed by atoms with Crippen LogP contribution in [0.15, 0.2) is 48.3 Å². The first-order valence-corrected chi connectivity index (χ1v) is 14.2. The molecule has 0 aromatic heterocycles. The van der Waals surface area contributed by atoms with Gasteiger partial charge in [-0.3, -0.25) is 0 Å². The minimum absolute atomic E-state index is 0.00615. The Bertz CT molecular complexity index is 1210. The number of rotatable bonds is 7. The molecule has 0 unspecified atom stereocenters. The highest BCUT2D eigenvalue weighted by Gasteiger charge is 2.60. The first-order chi connectivity index (χ1) is 19.9. The van der Waals surface area contributed by atoms with Crippen LogP contribution in [0.1, 0.15) is 38.2 Å². The van der Waals surface area contributed by atoms with Crippen LogP contribution in [0, 0.1) is 17.3 Å². The van der Waals surface area contributed by atoms with Gasteiger partial charge in [-0.15, -0.1) is 0 Å². The van der Waals surface area contributed by atoms with Gasteiger partial charge in [0.2, 0.25) is 6.29 Å². The van der Waals surface area contributed by atoms with Crippen LogP contribution in [0.2, 0.25) is 0 Å². The van der Waals surface area contributed by atoms with E-state index in [0.29, 0.717) is 42.4 Å². The summed E-state index contributed by atoms with van der Waals surface area (Å²) in [5.41, 5.74) is 1.02. The number of phenolic OH excluding ortho intramolecular Hbond substituents is 1. The number of carbonyl (C=O) groups is 2. The van der Waals surface area contributed by atoms with E-state index >= 15 is 0 Å². The number of esters is 2. The van der Waals surface area contributed by atoms with Crippen LogP contribution in [-0.4, -0.2) is 98.2 Å². The molecule has 2 heterocycles. The maximum absolute atomic E-state index is 13.0. The van der Waals surface area contributed by atoms with Gasteiger partial charge in [0.25, 0.3) is 0 Å². The molecule has 12 heteroatoms. The molecular formula is C30H38O12. The maximum atomic E-state index is 13.0. The number of fused-ring (bicyclic) bond motifs is 3. The number of hydrogen-bond acceptors (Lipinski definition) is 12. The number of carbonyl (C=O) groups excluding carboxylic acids is 2. The van der Waals surface area contributed by atoms with Crippen molar-refractivity contribution in [2.45, 2.75) is 88.0 Å². The van der Waals surface area contributed by atoms with E-state index in [4.69, 9.17) is 18.9 Å². The van der Waals surface area contributed by atoms with Gasteiger partial charge in [0.05, 0.1) is 12.9 Å². The van der Waals surface area contributed by atoms with Crippen molar-refractivity contribution in [2.75, 3.05) is 6.61 Å². The van der Waals surface area contributed by atoms with Crippen LogP contribution >= 0.6 is 0 Å². The molecule has 11 atom stereocenters. The molecule has 230 valence electrons. The van der Waals surface area contributed by atoms with Crippen molar-refractivity contribution < 1.29 is 59.2 Å². The van der Waals surface area contributed by atoms with Gasteiger partial charge in [-0.2, -0.15) is 0 Å². The van der Waals surface area contributed by atoms with Gasteiger partial charge in [0, 0.05) is 29.2 Å². The Morgan fingerprint density at radius 1 is 1.17 bits per heavy atom. The van der Waals surface area contributed by atoms with Crippen molar-refractivity contribution >= 4 is 11.9 Å². The average Bonchev–Trinajstić information content (AvgIpc) is 3.26. The zero-order chi connectivity index (χ0) is 30.3. The first kappa shape index (κ1) is 30.5. The summed E-state index contributed by atoms with van der Waals surface area (Å²) in [5.74, 6) is -1.92. The van der Waals surface area contributed by atoms with E-state index in [1.807, 2.05) is 6.92 Å². The molecule has 0 radical (unpaired) electrons. The summed E-state index contributed by atoms with van der Waals surface area (Å²) in [7, 11) is 0. The van der Waals surface area contributed by atoms with Crippen molar-refractivity contribution in [1.82, 2.24) is 0 Å². The highest BCUT2D eigenvalue weighted by molar-refractivity contribution is 5.91. The van der Waals surface area contributed by atoms with Gasteiger partial charge in [-0.25, -0.2) is 9.59 Å². The summed E-state index contributed by atoms with van der Waals surface area (Å²) in [6.07, 6.45) is -6.64. The van der Waals surface area contributed by atoms with Crippen LogP contribution in [-0.2, 0) is 35.0 Å². The van der Waals surface area contributed by atoms with E-state index in [-0.39, 0.29) is 18.1 Å². The molecule has 0 spiro atoms. The standard InChI is InChI=1S/C30H38O12/c1-14-18-9-10-30(2)21(41-28(38)19(33)11-15-3-6-17(32)7-4-15)8-5-16(22(30)26(18)42-27(14)37)13-39-29-25(36)24(35)23(34)20(12-31)40-29/h3-4,6-7,13,18-26,29,31-36H,1,5,8-12H2,2H3/b16-13+/t18-,19+,20-,21-,22-,23-,24+,25-,26+,29-,30+/m1/s1. The molecule has 2 saturated heterocycles. The molecule has 0 amide bonds. The van der Waals surface area contributed by atoms with Crippen molar-refractivity contribution in [3.63, 3.8) is 0 Å².